The van der Waals surface area contributed by atoms with Crippen molar-refractivity contribution in [2.45, 2.75) is 32.2 Å². The third-order valence-electron chi connectivity index (χ3n) is 3.36. The van der Waals surface area contributed by atoms with Crippen LogP contribution < -0.4 is 5.32 Å². The van der Waals surface area contributed by atoms with Crippen LogP contribution in [0.3, 0.4) is 0 Å². The summed E-state index contributed by atoms with van der Waals surface area (Å²) < 4.78 is 0. The Labute approximate surface area is 110 Å². The van der Waals surface area contributed by atoms with E-state index in [4.69, 9.17) is 5.11 Å². The van der Waals surface area contributed by atoms with E-state index in [0.717, 1.165) is 19.3 Å². The minimum atomic E-state index is -1.08. The molecule has 1 fully saturated rings. The zero-order valence-electron chi connectivity index (χ0n) is 10.6. The van der Waals surface area contributed by atoms with Crippen LogP contribution in [-0.4, -0.2) is 22.0 Å². The van der Waals surface area contributed by atoms with Gasteiger partial charge in [0.05, 0.1) is 10.5 Å². The molecule has 1 aromatic carbocycles. The molecule has 0 bridgehead atoms. The van der Waals surface area contributed by atoms with Crippen molar-refractivity contribution in [2.75, 3.05) is 5.32 Å². The number of carbonyl (C=O) groups is 1. The fraction of sp³-hybridized carbons (Fsp3) is 0.462. The molecule has 1 saturated carbocycles. The van der Waals surface area contributed by atoms with Gasteiger partial charge in [0.2, 0.25) is 0 Å². The number of nitrogens with one attached hydrogen (secondary N) is 1. The number of carboxylic acids is 1. The number of nitro groups is 1. The van der Waals surface area contributed by atoms with E-state index in [-0.39, 0.29) is 17.3 Å². The van der Waals surface area contributed by atoms with Crippen LogP contribution in [0.15, 0.2) is 18.2 Å². The Morgan fingerprint density at radius 2 is 2.32 bits per heavy atom. The maximum Gasteiger partial charge on any atom is 0.335 e. The van der Waals surface area contributed by atoms with E-state index >= 15 is 0 Å². The molecule has 0 aromatic heterocycles. The summed E-state index contributed by atoms with van der Waals surface area (Å²) in [6.07, 6.45) is 3.16. The molecule has 0 heterocycles. The third-order valence-corrected chi connectivity index (χ3v) is 3.36. The SMILES string of the molecule is CCCC1CC1Nc1cc(C(=O)O)ccc1[N+](=O)[O-]. The molecular weight excluding hydrogens is 248 g/mol. The third kappa shape index (κ3) is 3.01. The maximum atomic E-state index is 10.9. The van der Waals surface area contributed by atoms with E-state index in [1.54, 1.807) is 0 Å². The number of nitro benzene ring substituents is 1. The molecule has 0 spiro atoms. The van der Waals surface area contributed by atoms with Crippen LogP contribution >= 0.6 is 0 Å². The van der Waals surface area contributed by atoms with Crippen molar-refractivity contribution < 1.29 is 14.8 Å². The highest BCUT2D eigenvalue weighted by Gasteiger charge is 2.37. The zero-order chi connectivity index (χ0) is 14.0. The molecule has 1 aliphatic carbocycles. The summed E-state index contributed by atoms with van der Waals surface area (Å²) in [6.45, 7) is 2.10. The van der Waals surface area contributed by atoms with Gasteiger partial charge >= 0.3 is 5.97 Å². The first-order valence-electron chi connectivity index (χ1n) is 6.31. The van der Waals surface area contributed by atoms with Crippen LogP contribution in [0, 0.1) is 16.0 Å². The van der Waals surface area contributed by atoms with E-state index in [1.807, 2.05) is 0 Å². The lowest BCUT2D eigenvalue weighted by Crippen LogP contribution is -2.08. The molecule has 19 heavy (non-hydrogen) atoms. The average molecular weight is 264 g/mol. The lowest BCUT2D eigenvalue weighted by Gasteiger charge is -2.07. The average Bonchev–Trinajstić information content (AvgIpc) is 3.07. The summed E-state index contributed by atoms with van der Waals surface area (Å²) in [7, 11) is 0. The second-order valence-electron chi connectivity index (χ2n) is 4.83. The molecule has 6 nitrogen and oxygen atoms in total. The number of aromatic carboxylic acids is 1. The van der Waals surface area contributed by atoms with Crippen molar-refractivity contribution in [3.8, 4) is 0 Å². The van der Waals surface area contributed by atoms with Crippen molar-refractivity contribution in [2.24, 2.45) is 5.92 Å². The first kappa shape index (κ1) is 13.3. The topological polar surface area (TPSA) is 92.5 Å². The van der Waals surface area contributed by atoms with E-state index in [0.29, 0.717) is 11.6 Å². The van der Waals surface area contributed by atoms with Gasteiger partial charge in [0.1, 0.15) is 5.69 Å². The summed E-state index contributed by atoms with van der Waals surface area (Å²) in [5, 5.41) is 22.9. The van der Waals surface area contributed by atoms with Gasteiger partial charge in [0, 0.05) is 12.1 Å². The predicted molar refractivity (Wildman–Crippen MR) is 70.5 cm³/mol. The number of benzene rings is 1. The molecule has 2 rings (SSSR count). The summed E-state index contributed by atoms with van der Waals surface area (Å²) in [5.41, 5.74) is 0.279. The van der Waals surface area contributed by atoms with E-state index in [2.05, 4.69) is 12.2 Å². The quantitative estimate of drug-likeness (QED) is 0.608. The number of hydrogen-bond acceptors (Lipinski definition) is 4. The number of nitrogens with zero attached hydrogens (tertiary/aromatic N) is 1. The summed E-state index contributed by atoms with van der Waals surface area (Å²) >= 11 is 0. The van der Waals surface area contributed by atoms with Gasteiger partial charge in [0.15, 0.2) is 0 Å². The zero-order valence-corrected chi connectivity index (χ0v) is 10.6. The van der Waals surface area contributed by atoms with Gasteiger partial charge in [-0.15, -0.1) is 0 Å². The Hall–Kier alpha value is -2.11. The Balaban J connectivity index is 2.19. The first-order valence-corrected chi connectivity index (χ1v) is 6.31. The van der Waals surface area contributed by atoms with Crippen LogP contribution in [-0.2, 0) is 0 Å². The van der Waals surface area contributed by atoms with Gasteiger partial charge in [-0.2, -0.15) is 0 Å². The lowest BCUT2D eigenvalue weighted by molar-refractivity contribution is -0.384. The van der Waals surface area contributed by atoms with Crippen molar-refractivity contribution in [1.82, 2.24) is 0 Å². The molecule has 0 radical (unpaired) electrons. The van der Waals surface area contributed by atoms with Gasteiger partial charge in [0.25, 0.3) is 5.69 Å². The van der Waals surface area contributed by atoms with Crippen LogP contribution in [0.5, 0.6) is 0 Å². The highest BCUT2D eigenvalue weighted by Crippen LogP contribution is 2.39. The van der Waals surface area contributed by atoms with Gasteiger partial charge in [-0.25, -0.2) is 4.79 Å². The smallest absolute Gasteiger partial charge is 0.335 e. The Morgan fingerprint density at radius 3 is 2.89 bits per heavy atom. The molecule has 1 aromatic rings. The molecule has 2 N–H and O–H groups in total. The second kappa shape index (κ2) is 5.26. The summed E-state index contributed by atoms with van der Waals surface area (Å²) in [4.78, 5) is 21.3. The number of rotatable bonds is 6. The highest BCUT2D eigenvalue weighted by atomic mass is 16.6. The van der Waals surface area contributed by atoms with Crippen molar-refractivity contribution >= 4 is 17.3 Å². The van der Waals surface area contributed by atoms with Crippen molar-refractivity contribution in [3.63, 3.8) is 0 Å². The maximum absolute atomic E-state index is 10.9. The molecule has 2 unspecified atom stereocenters. The van der Waals surface area contributed by atoms with Crippen LogP contribution in [0.2, 0.25) is 0 Å². The monoisotopic (exact) mass is 264 g/mol. The van der Waals surface area contributed by atoms with Crippen molar-refractivity contribution in [3.05, 3.63) is 33.9 Å². The van der Waals surface area contributed by atoms with Gasteiger partial charge < -0.3 is 10.4 Å². The standard InChI is InChI=1S/C13H16N2O4/c1-2-3-8-6-10(8)14-11-7-9(13(16)17)4-5-12(11)15(18)19/h4-5,7-8,10,14H,2-3,6H2,1H3,(H,16,17). The second-order valence-corrected chi connectivity index (χ2v) is 4.83. The molecule has 0 saturated heterocycles. The fourth-order valence-corrected chi connectivity index (χ4v) is 2.26. The van der Waals surface area contributed by atoms with E-state index in [1.165, 1.54) is 18.2 Å². The Morgan fingerprint density at radius 1 is 1.58 bits per heavy atom. The molecule has 0 amide bonds. The summed E-state index contributed by atoms with van der Waals surface area (Å²) in [6, 6.07) is 4.05. The lowest BCUT2D eigenvalue weighted by atomic mass is 10.1. The first-order chi connectivity index (χ1) is 9.02. The van der Waals surface area contributed by atoms with Gasteiger partial charge in [-0.05, 0) is 30.9 Å². The molecule has 6 heteroatoms. The molecule has 102 valence electrons. The Bertz CT molecular complexity index is 515. The van der Waals surface area contributed by atoms with E-state index < -0.39 is 10.9 Å². The summed E-state index contributed by atoms with van der Waals surface area (Å²) in [5.74, 6) is -0.544. The predicted octanol–water partition coefficient (Wildman–Crippen LogP) is 2.89. The van der Waals surface area contributed by atoms with E-state index in [9.17, 15) is 14.9 Å². The van der Waals surface area contributed by atoms with Gasteiger partial charge in [-0.1, -0.05) is 13.3 Å². The molecule has 1 aliphatic rings. The normalized spacial score (nSPS) is 20.9. The van der Waals surface area contributed by atoms with Crippen LogP contribution in [0.1, 0.15) is 36.5 Å². The molecular formula is C13H16N2O4. The van der Waals surface area contributed by atoms with Crippen LogP contribution in [0.4, 0.5) is 11.4 Å². The van der Waals surface area contributed by atoms with Crippen LogP contribution in [0.25, 0.3) is 0 Å². The minimum Gasteiger partial charge on any atom is -0.478 e. The largest absolute Gasteiger partial charge is 0.478 e. The minimum absolute atomic E-state index is 0.0563. The number of carboxylic acid groups (broad SMARTS) is 1. The fourth-order valence-electron chi connectivity index (χ4n) is 2.26. The van der Waals surface area contributed by atoms with Gasteiger partial charge in [-0.3, -0.25) is 10.1 Å². The molecule has 0 aliphatic heterocycles. The number of anilines is 1. The highest BCUT2D eigenvalue weighted by molar-refractivity contribution is 5.90. The molecule has 2 atom stereocenters. The number of hydrogen-bond donors (Lipinski definition) is 2. The van der Waals surface area contributed by atoms with Crippen molar-refractivity contribution in [1.29, 1.82) is 0 Å². The Kier molecular flexibility index (Phi) is 3.69.